The molecule has 0 atom stereocenters. The summed E-state index contributed by atoms with van der Waals surface area (Å²) in [5.74, 6) is 0.378. The van der Waals surface area contributed by atoms with Gasteiger partial charge >= 0.3 is 0 Å². The first-order valence-electron chi connectivity index (χ1n) is 3.50. The standard InChI is InChI=1S/C7H5ClN4O/c8-5-6(10-3-11-7(5)13)12-2-1-9-4-12/h1-4H,(H,10,11,13). The first-order valence-corrected chi connectivity index (χ1v) is 3.88. The van der Waals surface area contributed by atoms with Crippen molar-refractivity contribution in [1.82, 2.24) is 19.5 Å². The molecule has 6 heteroatoms. The van der Waals surface area contributed by atoms with Crippen LogP contribution in [0.3, 0.4) is 0 Å². The lowest BCUT2D eigenvalue weighted by atomic mass is 10.5. The van der Waals surface area contributed by atoms with Gasteiger partial charge in [-0.15, -0.1) is 0 Å². The quantitative estimate of drug-likeness (QED) is 0.727. The first-order chi connectivity index (χ1) is 6.29. The molecular formula is C7H5ClN4O. The van der Waals surface area contributed by atoms with E-state index >= 15 is 0 Å². The summed E-state index contributed by atoms with van der Waals surface area (Å²) in [5, 5.41) is 0.0560. The molecule has 0 spiro atoms. The van der Waals surface area contributed by atoms with E-state index in [0.717, 1.165) is 0 Å². The molecule has 0 radical (unpaired) electrons. The predicted molar refractivity (Wildman–Crippen MR) is 47.0 cm³/mol. The lowest BCUT2D eigenvalue weighted by molar-refractivity contribution is 0.958. The fourth-order valence-electron chi connectivity index (χ4n) is 0.938. The minimum absolute atomic E-state index is 0.0560. The molecule has 0 unspecified atom stereocenters. The van der Waals surface area contributed by atoms with E-state index in [-0.39, 0.29) is 10.6 Å². The molecule has 1 N–H and O–H groups in total. The molecule has 0 aliphatic rings. The monoisotopic (exact) mass is 196 g/mol. The normalized spacial score (nSPS) is 10.2. The predicted octanol–water partition coefficient (Wildman–Crippen LogP) is 0.609. The van der Waals surface area contributed by atoms with Gasteiger partial charge in [0, 0.05) is 12.4 Å². The van der Waals surface area contributed by atoms with Crippen LogP contribution in [-0.4, -0.2) is 19.5 Å². The maximum atomic E-state index is 11.1. The summed E-state index contributed by atoms with van der Waals surface area (Å²) in [7, 11) is 0. The number of nitrogens with one attached hydrogen (secondary N) is 1. The van der Waals surface area contributed by atoms with Crippen LogP contribution in [0.25, 0.3) is 5.82 Å². The fraction of sp³-hybridized carbons (Fsp3) is 0. The lowest BCUT2D eigenvalue weighted by Crippen LogP contribution is -2.10. The van der Waals surface area contributed by atoms with Crippen molar-refractivity contribution in [2.24, 2.45) is 0 Å². The molecule has 0 aliphatic heterocycles. The molecule has 0 saturated heterocycles. The zero-order valence-electron chi connectivity index (χ0n) is 6.44. The zero-order valence-corrected chi connectivity index (χ0v) is 7.19. The molecule has 0 amide bonds. The van der Waals surface area contributed by atoms with E-state index < -0.39 is 0 Å². The van der Waals surface area contributed by atoms with Gasteiger partial charge in [-0.1, -0.05) is 11.6 Å². The lowest BCUT2D eigenvalue weighted by Gasteiger charge is -2.00. The second kappa shape index (κ2) is 3.02. The molecular weight excluding hydrogens is 192 g/mol. The molecule has 0 aliphatic carbocycles. The van der Waals surface area contributed by atoms with Crippen LogP contribution in [0, 0.1) is 0 Å². The Balaban J connectivity index is 2.66. The minimum Gasteiger partial charge on any atom is -0.312 e. The third-order valence-corrected chi connectivity index (χ3v) is 1.87. The van der Waals surface area contributed by atoms with E-state index in [1.54, 1.807) is 17.0 Å². The first kappa shape index (κ1) is 8.00. The van der Waals surface area contributed by atoms with Gasteiger partial charge in [0.25, 0.3) is 5.56 Å². The van der Waals surface area contributed by atoms with Crippen LogP contribution >= 0.6 is 11.6 Å². The van der Waals surface area contributed by atoms with Crippen LogP contribution in [0.2, 0.25) is 5.02 Å². The van der Waals surface area contributed by atoms with Crippen LogP contribution in [0.5, 0.6) is 0 Å². The number of imidazole rings is 1. The number of aromatic amines is 1. The molecule has 5 nitrogen and oxygen atoms in total. The third kappa shape index (κ3) is 1.33. The summed E-state index contributed by atoms with van der Waals surface area (Å²) in [6, 6.07) is 0. The molecule has 0 bridgehead atoms. The molecule has 66 valence electrons. The Morgan fingerprint density at radius 1 is 1.54 bits per heavy atom. The van der Waals surface area contributed by atoms with Gasteiger partial charge in [-0.25, -0.2) is 9.97 Å². The Morgan fingerprint density at radius 2 is 2.38 bits per heavy atom. The van der Waals surface area contributed by atoms with Crippen molar-refractivity contribution in [3.8, 4) is 5.82 Å². The maximum Gasteiger partial charge on any atom is 0.271 e. The third-order valence-electron chi connectivity index (χ3n) is 1.53. The Bertz CT molecular complexity index is 462. The number of hydrogen-bond acceptors (Lipinski definition) is 3. The van der Waals surface area contributed by atoms with Crippen molar-refractivity contribution in [1.29, 1.82) is 0 Å². The Hall–Kier alpha value is -1.62. The fourth-order valence-corrected chi connectivity index (χ4v) is 1.14. The number of aromatic nitrogens is 4. The van der Waals surface area contributed by atoms with E-state index in [1.165, 1.54) is 12.7 Å². The Labute approximate surface area is 78.0 Å². The van der Waals surface area contributed by atoms with Crippen molar-refractivity contribution < 1.29 is 0 Å². The molecule has 2 heterocycles. The number of nitrogens with zero attached hydrogens (tertiary/aromatic N) is 3. The van der Waals surface area contributed by atoms with Gasteiger partial charge in [-0.05, 0) is 0 Å². The summed E-state index contributed by atoms with van der Waals surface area (Å²) >= 11 is 5.73. The molecule has 13 heavy (non-hydrogen) atoms. The van der Waals surface area contributed by atoms with Crippen LogP contribution < -0.4 is 5.56 Å². The van der Waals surface area contributed by atoms with Crippen molar-refractivity contribution in [2.75, 3.05) is 0 Å². The maximum absolute atomic E-state index is 11.1. The zero-order chi connectivity index (χ0) is 9.26. The van der Waals surface area contributed by atoms with Crippen molar-refractivity contribution in [2.45, 2.75) is 0 Å². The topological polar surface area (TPSA) is 63.6 Å². The highest BCUT2D eigenvalue weighted by atomic mass is 35.5. The van der Waals surface area contributed by atoms with Gasteiger partial charge in [-0.2, -0.15) is 0 Å². The summed E-state index contributed by atoms with van der Waals surface area (Å²) in [5.41, 5.74) is -0.361. The molecule has 2 aromatic rings. The van der Waals surface area contributed by atoms with E-state index in [1.807, 2.05) is 0 Å². The summed E-state index contributed by atoms with van der Waals surface area (Å²) < 4.78 is 1.57. The average Bonchev–Trinajstić information content (AvgIpc) is 2.62. The van der Waals surface area contributed by atoms with Crippen LogP contribution in [-0.2, 0) is 0 Å². The van der Waals surface area contributed by atoms with E-state index in [9.17, 15) is 4.79 Å². The number of halogens is 1. The second-order valence-electron chi connectivity index (χ2n) is 2.34. The summed E-state index contributed by atoms with van der Waals surface area (Å²) in [4.78, 5) is 21.2. The second-order valence-corrected chi connectivity index (χ2v) is 2.72. The Kier molecular flexibility index (Phi) is 1.86. The van der Waals surface area contributed by atoms with Crippen LogP contribution in [0.1, 0.15) is 0 Å². The van der Waals surface area contributed by atoms with Gasteiger partial charge in [-0.3, -0.25) is 9.36 Å². The largest absolute Gasteiger partial charge is 0.312 e. The number of rotatable bonds is 1. The van der Waals surface area contributed by atoms with E-state index in [2.05, 4.69) is 15.0 Å². The van der Waals surface area contributed by atoms with Crippen molar-refractivity contribution in [3.63, 3.8) is 0 Å². The minimum atomic E-state index is -0.361. The van der Waals surface area contributed by atoms with Crippen LogP contribution in [0.4, 0.5) is 0 Å². The van der Waals surface area contributed by atoms with Crippen molar-refractivity contribution in [3.05, 3.63) is 40.4 Å². The molecule has 0 aromatic carbocycles. The summed E-state index contributed by atoms with van der Waals surface area (Å²) in [6.07, 6.45) is 6.06. The SMILES string of the molecule is O=c1[nH]cnc(-n2ccnc2)c1Cl. The van der Waals surface area contributed by atoms with Crippen LogP contribution in [0.15, 0.2) is 29.8 Å². The molecule has 0 fully saturated rings. The van der Waals surface area contributed by atoms with Gasteiger partial charge in [0.2, 0.25) is 0 Å². The highest BCUT2D eigenvalue weighted by molar-refractivity contribution is 6.31. The van der Waals surface area contributed by atoms with Gasteiger partial charge in [0.15, 0.2) is 5.82 Å². The number of H-pyrrole nitrogens is 1. The molecule has 0 saturated carbocycles. The highest BCUT2D eigenvalue weighted by Crippen LogP contribution is 2.10. The molecule has 2 aromatic heterocycles. The smallest absolute Gasteiger partial charge is 0.271 e. The number of hydrogen-bond donors (Lipinski definition) is 1. The van der Waals surface area contributed by atoms with Crippen molar-refractivity contribution >= 4 is 11.6 Å². The van der Waals surface area contributed by atoms with Gasteiger partial charge in [0.1, 0.15) is 11.3 Å². The molecule has 2 rings (SSSR count). The van der Waals surface area contributed by atoms with Gasteiger partial charge < -0.3 is 4.98 Å². The average molecular weight is 197 g/mol. The van der Waals surface area contributed by atoms with Gasteiger partial charge in [0.05, 0.1) is 6.33 Å². The summed E-state index contributed by atoms with van der Waals surface area (Å²) in [6.45, 7) is 0. The van der Waals surface area contributed by atoms with E-state index in [4.69, 9.17) is 11.6 Å². The van der Waals surface area contributed by atoms with E-state index in [0.29, 0.717) is 5.82 Å². The Morgan fingerprint density at radius 3 is 3.08 bits per heavy atom. The highest BCUT2D eigenvalue weighted by Gasteiger charge is 2.06.